The molecule has 11 heteroatoms. The molecule has 14 unspecified atom stereocenters. The number of carbonyl (C=O) groups excluding carboxylic acids is 1. The lowest BCUT2D eigenvalue weighted by Gasteiger charge is -2.59. The molecule has 0 aromatic heterocycles. The molecule has 6 rings (SSSR count). The lowest BCUT2D eigenvalue weighted by Crippen LogP contribution is -2.69. The molecular formula is C26H36O11. The van der Waals surface area contributed by atoms with Gasteiger partial charge in [0, 0.05) is 11.3 Å². The van der Waals surface area contributed by atoms with E-state index in [1.165, 1.54) is 0 Å². The average Bonchev–Trinajstić information content (AvgIpc) is 3.27. The van der Waals surface area contributed by atoms with Crippen molar-refractivity contribution in [2.24, 2.45) is 39.9 Å². The summed E-state index contributed by atoms with van der Waals surface area (Å²) >= 11 is 0. The minimum Gasteiger partial charge on any atom is -0.481 e. The SMILES string of the molecule is C=C1CC23CC1CCC2C12COC(=O)C(C)(C(O)C(OC4OC(CO)C(O)C(O)C4O)C1)C2C3C(=O)O. The number of fused-ring (bicyclic) bond motifs is 1. The molecular weight excluding hydrogens is 488 g/mol. The van der Waals surface area contributed by atoms with E-state index in [2.05, 4.69) is 6.58 Å². The predicted molar refractivity (Wildman–Crippen MR) is 122 cm³/mol. The van der Waals surface area contributed by atoms with E-state index >= 15 is 0 Å². The molecule has 0 radical (unpaired) electrons. The van der Waals surface area contributed by atoms with Crippen molar-refractivity contribution in [1.82, 2.24) is 0 Å². The van der Waals surface area contributed by atoms with Crippen molar-refractivity contribution in [3.05, 3.63) is 12.2 Å². The molecule has 0 amide bonds. The second-order valence-corrected chi connectivity index (χ2v) is 12.5. The molecule has 1 spiro atoms. The smallest absolute Gasteiger partial charge is 0.314 e. The summed E-state index contributed by atoms with van der Waals surface area (Å²) in [5.41, 5.74) is -1.92. The van der Waals surface area contributed by atoms with Crippen LogP contribution in [0.15, 0.2) is 12.2 Å². The largest absolute Gasteiger partial charge is 0.481 e. The highest BCUT2D eigenvalue weighted by atomic mass is 16.7. The van der Waals surface area contributed by atoms with Gasteiger partial charge in [-0.1, -0.05) is 12.2 Å². The highest BCUT2D eigenvalue weighted by Crippen LogP contribution is 2.79. The maximum absolute atomic E-state index is 13.4. The number of carbonyl (C=O) groups is 2. The van der Waals surface area contributed by atoms with E-state index in [0.29, 0.717) is 12.8 Å². The Kier molecular flexibility index (Phi) is 5.69. The number of aliphatic hydroxyl groups is 5. The van der Waals surface area contributed by atoms with Crippen molar-refractivity contribution in [2.75, 3.05) is 13.2 Å². The van der Waals surface area contributed by atoms with Gasteiger partial charge in [-0.3, -0.25) is 9.59 Å². The first-order valence-electron chi connectivity index (χ1n) is 13.1. The molecule has 2 saturated heterocycles. The van der Waals surface area contributed by atoms with E-state index in [-0.39, 0.29) is 24.9 Å². The number of aliphatic hydroxyl groups excluding tert-OH is 5. The Morgan fingerprint density at radius 1 is 1.11 bits per heavy atom. The summed E-state index contributed by atoms with van der Waals surface area (Å²) in [5, 5.41) is 62.7. The minimum atomic E-state index is -1.67. The van der Waals surface area contributed by atoms with Crippen LogP contribution in [0, 0.1) is 39.9 Å². The molecule has 37 heavy (non-hydrogen) atoms. The van der Waals surface area contributed by atoms with Gasteiger partial charge in [0.1, 0.15) is 24.4 Å². The van der Waals surface area contributed by atoms with Crippen molar-refractivity contribution in [2.45, 2.75) is 81.9 Å². The fraction of sp³-hybridized carbons (Fsp3) is 0.846. The Hall–Kier alpha value is -1.60. The third-order valence-corrected chi connectivity index (χ3v) is 11.1. The summed E-state index contributed by atoms with van der Waals surface area (Å²) in [6, 6.07) is 0. The number of hydrogen-bond donors (Lipinski definition) is 6. The number of rotatable bonds is 4. The first-order valence-corrected chi connectivity index (χ1v) is 13.1. The summed E-state index contributed by atoms with van der Waals surface area (Å²) in [6.45, 7) is 5.18. The summed E-state index contributed by atoms with van der Waals surface area (Å²) in [6.07, 6.45) is -7.07. The van der Waals surface area contributed by atoms with Crippen LogP contribution < -0.4 is 0 Å². The van der Waals surface area contributed by atoms with Gasteiger partial charge in [-0.15, -0.1) is 0 Å². The molecule has 4 bridgehead atoms. The molecule has 6 aliphatic rings. The average molecular weight is 525 g/mol. The molecule has 0 aromatic carbocycles. The number of carboxylic acids is 1. The van der Waals surface area contributed by atoms with Crippen molar-refractivity contribution < 1.29 is 54.4 Å². The molecule has 6 fully saturated rings. The summed E-state index contributed by atoms with van der Waals surface area (Å²) in [5.74, 6) is -3.06. The Morgan fingerprint density at radius 3 is 2.51 bits per heavy atom. The van der Waals surface area contributed by atoms with Gasteiger partial charge < -0.3 is 44.8 Å². The second-order valence-electron chi connectivity index (χ2n) is 12.5. The minimum absolute atomic E-state index is 0.0146. The van der Waals surface area contributed by atoms with Crippen LogP contribution in [0.4, 0.5) is 0 Å². The number of aliphatic carboxylic acids is 1. The molecule has 0 aromatic rings. The third kappa shape index (κ3) is 3.07. The lowest BCUT2D eigenvalue weighted by molar-refractivity contribution is -0.335. The number of carboxylic acid groups (broad SMARTS) is 1. The Morgan fingerprint density at radius 2 is 1.84 bits per heavy atom. The first-order chi connectivity index (χ1) is 17.4. The summed E-state index contributed by atoms with van der Waals surface area (Å²) in [7, 11) is 0. The first kappa shape index (κ1) is 25.7. The van der Waals surface area contributed by atoms with Crippen LogP contribution in [0.5, 0.6) is 0 Å². The van der Waals surface area contributed by atoms with Gasteiger partial charge in [-0.05, 0) is 56.3 Å². The zero-order valence-corrected chi connectivity index (χ0v) is 20.7. The molecule has 4 aliphatic carbocycles. The molecule has 14 atom stereocenters. The van der Waals surface area contributed by atoms with Crippen molar-refractivity contribution >= 4 is 11.9 Å². The predicted octanol–water partition coefficient (Wildman–Crippen LogP) is -0.821. The number of hydrogen-bond acceptors (Lipinski definition) is 10. The zero-order chi connectivity index (χ0) is 26.7. The normalized spacial score (nSPS) is 56.4. The van der Waals surface area contributed by atoms with Crippen LogP contribution in [-0.2, 0) is 23.8 Å². The number of esters is 1. The number of cyclic esters (lactones) is 1. The van der Waals surface area contributed by atoms with Crippen molar-refractivity contribution in [1.29, 1.82) is 0 Å². The van der Waals surface area contributed by atoms with Gasteiger partial charge in [0.05, 0.1) is 36.8 Å². The van der Waals surface area contributed by atoms with Gasteiger partial charge in [-0.2, -0.15) is 0 Å². The molecule has 2 aliphatic heterocycles. The van der Waals surface area contributed by atoms with Crippen LogP contribution in [0.2, 0.25) is 0 Å². The highest BCUT2D eigenvalue weighted by molar-refractivity contribution is 5.83. The van der Waals surface area contributed by atoms with Crippen LogP contribution >= 0.6 is 0 Å². The Bertz CT molecular complexity index is 1010. The van der Waals surface area contributed by atoms with Crippen LogP contribution in [0.3, 0.4) is 0 Å². The standard InChI is InChI=1S/C26H36O11/c1-10-5-25-6-11(10)3-4-14(25)26-7-12(36-22-18(30)17(29)16(28)13(8-27)37-22)20(31)24(2,23(34)35-9-26)19(26)15(25)21(32)33/h11-20,22,27-31H,1,3-9H2,2H3,(H,32,33). The van der Waals surface area contributed by atoms with Gasteiger partial charge in [-0.25, -0.2) is 0 Å². The van der Waals surface area contributed by atoms with Crippen molar-refractivity contribution in [3.63, 3.8) is 0 Å². The number of allylic oxidation sites excluding steroid dienone is 1. The molecule has 6 N–H and O–H groups in total. The van der Waals surface area contributed by atoms with Crippen LogP contribution in [0.1, 0.15) is 39.0 Å². The summed E-state index contributed by atoms with van der Waals surface area (Å²) < 4.78 is 17.3. The van der Waals surface area contributed by atoms with Gasteiger partial charge >= 0.3 is 11.9 Å². The topological polar surface area (TPSA) is 183 Å². The fourth-order valence-corrected chi connectivity index (χ4v) is 9.65. The summed E-state index contributed by atoms with van der Waals surface area (Å²) in [4.78, 5) is 26.3. The quantitative estimate of drug-likeness (QED) is 0.200. The molecule has 2 heterocycles. The van der Waals surface area contributed by atoms with Gasteiger partial charge in [0.25, 0.3) is 0 Å². The Balaban J connectivity index is 1.42. The highest BCUT2D eigenvalue weighted by Gasteiger charge is 2.81. The van der Waals surface area contributed by atoms with E-state index in [9.17, 15) is 40.2 Å². The third-order valence-electron chi connectivity index (χ3n) is 11.1. The van der Waals surface area contributed by atoms with Gasteiger partial charge in [0.2, 0.25) is 0 Å². The van der Waals surface area contributed by atoms with Gasteiger partial charge in [0.15, 0.2) is 6.29 Å². The lowest BCUT2D eigenvalue weighted by atomic mass is 9.49. The van der Waals surface area contributed by atoms with Crippen LogP contribution in [0.25, 0.3) is 0 Å². The van der Waals surface area contributed by atoms with E-state index in [0.717, 1.165) is 18.4 Å². The van der Waals surface area contributed by atoms with Crippen LogP contribution in [-0.4, -0.2) is 98.7 Å². The maximum Gasteiger partial charge on any atom is 0.314 e. The van der Waals surface area contributed by atoms with E-state index in [1.54, 1.807) is 6.92 Å². The fourth-order valence-electron chi connectivity index (χ4n) is 9.65. The van der Waals surface area contributed by atoms with Crippen molar-refractivity contribution in [3.8, 4) is 0 Å². The number of ether oxygens (including phenoxy) is 3. The second kappa shape index (κ2) is 8.20. The van der Waals surface area contributed by atoms with E-state index in [1.807, 2.05) is 0 Å². The Labute approximate surface area is 214 Å². The van der Waals surface area contributed by atoms with E-state index < -0.39 is 89.5 Å². The van der Waals surface area contributed by atoms with E-state index in [4.69, 9.17) is 14.2 Å². The zero-order valence-electron chi connectivity index (χ0n) is 20.7. The molecule has 206 valence electrons. The monoisotopic (exact) mass is 524 g/mol. The molecule has 11 nitrogen and oxygen atoms in total. The maximum atomic E-state index is 13.4. The molecule has 4 saturated carbocycles.